The first-order valence-corrected chi connectivity index (χ1v) is 8.76. The van der Waals surface area contributed by atoms with Gasteiger partial charge in [-0.2, -0.15) is 5.10 Å². The predicted molar refractivity (Wildman–Crippen MR) is 89.3 cm³/mol. The van der Waals surface area contributed by atoms with E-state index in [9.17, 15) is 4.79 Å². The molecule has 1 aliphatic heterocycles. The van der Waals surface area contributed by atoms with Crippen molar-refractivity contribution in [1.82, 2.24) is 24.6 Å². The van der Waals surface area contributed by atoms with Crippen molar-refractivity contribution < 1.29 is 4.79 Å². The van der Waals surface area contributed by atoms with Gasteiger partial charge >= 0.3 is 0 Å². The van der Waals surface area contributed by atoms with E-state index in [-0.39, 0.29) is 6.04 Å². The maximum Gasteiger partial charge on any atom is 0.267 e. The molecule has 0 atom stereocenters. The number of primary amides is 1. The summed E-state index contributed by atoms with van der Waals surface area (Å²) in [5.74, 6) is -0.457. The molecule has 1 fully saturated rings. The predicted octanol–water partition coefficient (Wildman–Crippen LogP) is 1.43. The van der Waals surface area contributed by atoms with Crippen molar-refractivity contribution in [3.8, 4) is 11.4 Å². The second-order valence-electron chi connectivity index (χ2n) is 5.69. The molecule has 2 N–H and O–H groups in total. The molecule has 23 heavy (non-hydrogen) atoms. The summed E-state index contributed by atoms with van der Waals surface area (Å²) in [6.07, 6.45) is 5.53. The van der Waals surface area contributed by atoms with E-state index >= 15 is 0 Å². The third kappa shape index (κ3) is 3.37. The first-order chi connectivity index (χ1) is 11.1. The zero-order valence-corrected chi connectivity index (χ0v) is 14.1. The molecule has 0 aliphatic carbocycles. The van der Waals surface area contributed by atoms with E-state index in [0.29, 0.717) is 22.2 Å². The molecule has 1 aliphatic rings. The summed E-state index contributed by atoms with van der Waals surface area (Å²) in [7, 11) is 2.10. The maximum absolute atomic E-state index is 11.8. The highest BCUT2D eigenvalue weighted by Gasteiger charge is 2.24. The van der Waals surface area contributed by atoms with Crippen molar-refractivity contribution >= 4 is 17.7 Å². The first kappa shape index (κ1) is 15.9. The van der Waals surface area contributed by atoms with Crippen molar-refractivity contribution in [2.75, 3.05) is 26.4 Å². The van der Waals surface area contributed by atoms with Crippen molar-refractivity contribution in [1.29, 1.82) is 0 Å². The first-order valence-electron chi connectivity index (χ1n) is 7.54. The molecule has 0 aromatic carbocycles. The number of aromatic nitrogens is 4. The van der Waals surface area contributed by atoms with Crippen LogP contribution in [0.2, 0.25) is 0 Å². The highest BCUT2D eigenvalue weighted by Crippen LogP contribution is 2.26. The third-order valence-electron chi connectivity index (χ3n) is 4.10. The number of likely N-dealkylation sites (tertiary alicyclic amines) is 1. The van der Waals surface area contributed by atoms with E-state index < -0.39 is 5.91 Å². The number of rotatable bonds is 4. The van der Waals surface area contributed by atoms with Gasteiger partial charge in [-0.3, -0.25) is 9.48 Å². The van der Waals surface area contributed by atoms with Crippen LogP contribution in [0.15, 0.2) is 23.5 Å². The zero-order chi connectivity index (χ0) is 16.4. The molecule has 2 aromatic heterocycles. The summed E-state index contributed by atoms with van der Waals surface area (Å²) >= 11 is 1.47. The normalized spacial score (nSPS) is 16.6. The van der Waals surface area contributed by atoms with Crippen LogP contribution in [0.3, 0.4) is 0 Å². The molecule has 3 heterocycles. The van der Waals surface area contributed by atoms with E-state index in [1.54, 1.807) is 23.0 Å². The van der Waals surface area contributed by atoms with Crippen molar-refractivity contribution in [2.45, 2.75) is 24.0 Å². The third-order valence-corrected chi connectivity index (χ3v) is 4.66. The topological polar surface area (TPSA) is 89.9 Å². The van der Waals surface area contributed by atoms with E-state index in [2.05, 4.69) is 27.0 Å². The summed E-state index contributed by atoms with van der Waals surface area (Å²) in [4.78, 5) is 22.7. The molecule has 1 saturated heterocycles. The summed E-state index contributed by atoms with van der Waals surface area (Å²) < 4.78 is 1.78. The van der Waals surface area contributed by atoms with Gasteiger partial charge in [-0.15, -0.1) is 0 Å². The lowest BCUT2D eigenvalue weighted by molar-refractivity contribution is 0.0982. The SMILES string of the molecule is CSc1nccc(-c2cc(C(N)=O)n(C3CCN(C)CC3)n2)n1. The Kier molecular flexibility index (Phi) is 4.63. The number of nitrogens with two attached hydrogens (primary N) is 1. The largest absolute Gasteiger partial charge is 0.364 e. The molecule has 3 rings (SSSR count). The van der Waals surface area contributed by atoms with Crippen LogP contribution in [0.4, 0.5) is 0 Å². The number of nitrogens with zero attached hydrogens (tertiary/aromatic N) is 5. The Balaban J connectivity index is 1.96. The van der Waals surface area contributed by atoms with Gasteiger partial charge in [0.2, 0.25) is 0 Å². The summed E-state index contributed by atoms with van der Waals surface area (Å²) in [5, 5.41) is 5.30. The summed E-state index contributed by atoms with van der Waals surface area (Å²) in [6, 6.07) is 3.73. The van der Waals surface area contributed by atoms with Gasteiger partial charge in [0.05, 0.1) is 11.7 Å². The number of hydrogen-bond donors (Lipinski definition) is 1. The smallest absolute Gasteiger partial charge is 0.267 e. The van der Waals surface area contributed by atoms with Crippen LogP contribution < -0.4 is 5.73 Å². The highest BCUT2D eigenvalue weighted by atomic mass is 32.2. The molecule has 122 valence electrons. The molecular formula is C15H20N6OS. The van der Waals surface area contributed by atoms with Crippen LogP contribution in [0, 0.1) is 0 Å². The van der Waals surface area contributed by atoms with Gasteiger partial charge in [-0.05, 0) is 51.4 Å². The second-order valence-corrected chi connectivity index (χ2v) is 6.46. The Morgan fingerprint density at radius 1 is 1.35 bits per heavy atom. The van der Waals surface area contributed by atoms with Gasteiger partial charge in [-0.25, -0.2) is 9.97 Å². The van der Waals surface area contributed by atoms with Crippen LogP contribution in [-0.4, -0.2) is 56.9 Å². The van der Waals surface area contributed by atoms with E-state index in [1.165, 1.54) is 11.8 Å². The van der Waals surface area contributed by atoms with Gasteiger partial charge < -0.3 is 10.6 Å². The molecule has 0 unspecified atom stereocenters. The summed E-state index contributed by atoms with van der Waals surface area (Å²) in [6.45, 7) is 1.98. The molecule has 0 spiro atoms. The van der Waals surface area contributed by atoms with Crippen molar-refractivity contribution in [3.63, 3.8) is 0 Å². The number of piperidine rings is 1. The van der Waals surface area contributed by atoms with Crippen LogP contribution >= 0.6 is 11.8 Å². The van der Waals surface area contributed by atoms with Gasteiger partial charge in [0.15, 0.2) is 5.16 Å². The Hall–Kier alpha value is -1.93. The fourth-order valence-electron chi connectivity index (χ4n) is 2.80. The summed E-state index contributed by atoms with van der Waals surface area (Å²) in [5.41, 5.74) is 7.36. The Bertz CT molecular complexity index is 708. The van der Waals surface area contributed by atoms with Crippen LogP contribution in [0.25, 0.3) is 11.4 Å². The number of hydrogen-bond acceptors (Lipinski definition) is 6. The molecule has 1 amide bonds. The molecule has 0 bridgehead atoms. The Morgan fingerprint density at radius 3 is 2.74 bits per heavy atom. The Morgan fingerprint density at radius 2 is 2.09 bits per heavy atom. The fraction of sp³-hybridized carbons (Fsp3) is 0.467. The van der Waals surface area contributed by atoms with Crippen molar-refractivity contribution in [2.24, 2.45) is 5.73 Å². The maximum atomic E-state index is 11.8. The molecular weight excluding hydrogens is 312 g/mol. The van der Waals surface area contributed by atoms with E-state index in [1.807, 2.05) is 6.26 Å². The van der Waals surface area contributed by atoms with Crippen LogP contribution in [0.1, 0.15) is 29.4 Å². The minimum absolute atomic E-state index is 0.198. The molecule has 7 nitrogen and oxygen atoms in total. The fourth-order valence-corrected chi connectivity index (χ4v) is 3.16. The number of carbonyl (C=O) groups excluding carboxylic acids is 1. The van der Waals surface area contributed by atoms with Gasteiger partial charge in [0.25, 0.3) is 5.91 Å². The van der Waals surface area contributed by atoms with Crippen LogP contribution in [0.5, 0.6) is 0 Å². The minimum atomic E-state index is -0.457. The second kappa shape index (κ2) is 6.67. The van der Waals surface area contributed by atoms with Crippen LogP contribution in [-0.2, 0) is 0 Å². The Labute approximate surface area is 139 Å². The average molecular weight is 332 g/mol. The molecule has 0 saturated carbocycles. The lowest BCUT2D eigenvalue weighted by Gasteiger charge is -2.29. The highest BCUT2D eigenvalue weighted by molar-refractivity contribution is 7.98. The standard InChI is InChI=1S/C15H20N6OS/c1-20-7-4-10(5-8-20)21-13(14(16)22)9-12(19-21)11-3-6-17-15(18-11)23-2/h3,6,9-10H,4-5,7-8H2,1-2H3,(H2,16,22). The lowest BCUT2D eigenvalue weighted by Crippen LogP contribution is -2.33. The van der Waals surface area contributed by atoms with Gasteiger partial charge in [0.1, 0.15) is 11.4 Å². The van der Waals surface area contributed by atoms with Gasteiger partial charge in [-0.1, -0.05) is 11.8 Å². The molecule has 8 heteroatoms. The average Bonchev–Trinajstić information content (AvgIpc) is 3.01. The van der Waals surface area contributed by atoms with E-state index in [4.69, 9.17) is 5.73 Å². The molecule has 2 aromatic rings. The molecule has 0 radical (unpaired) electrons. The zero-order valence-electron chi connectivity index (χ0n) is 13.3. The number of thioether (sulfide) groups is 1. The number of amides is 1. The lowest BCUT2D eigenvalue weighted by atomic mass is 10.1. The monoisotopic (exact) mass is 332 g/mol. The number of carbonyl (C=O) groups is 1. The van der Waals surface area contributed by atoms with E-state index in [0.717, 1.165) is 25.9 Å². The van der Waals surface area contributed by atoms with Gasteiger partial charge in [0, 0.05) is 6.20 Å². The van der Waals surface area contributed by atoms with Crippen molar-refractivity contribution in [3.05, 3.63) is 24.0 Å². The quantitative estimate of drug-likeness (QED) is 0.673. The minimum Gasteiger partial charge on any atom is -0.364 e.